The average Bonchev–Trinajstić information content (AvgIpc) is 2.03. The van der Waals surface area contributed by atoms with E-state index in [-0.39, 0.29) is 6.42 Å². The SMILES string of the molecule is C=C(C(=O)[O-])C(C(=O)[O-])C(O)(O)CC. The van der Waals surface area contributed by atoms with Crippen molar-refractivity contribution in [3.63, 3.8) is 0 Å². The van der Waals surface area contributed by atoms with Gasteiger partial charge in [-0.05, 0) is 12.0 Å². The molecule has 0 aliphatic carbocycles. The molecule has 1 unspecified atom stereocenters. The molecule has 6 nitrogen and oxygen atoms in total. The van der Waals surface area contributed by atoms with Crippen LogP contribution in [0.2, 0.25) is 0 Å². The standard InChI is InChI=1S/C8H12O6/c1-3-8(13,14)5(7(11)12)4(2)6(9)10/h5,13-14H,2-3H2,1H3,(H,9,10)(H,11,12)/p-2. The molecule has 14 heavy (non-hydrogen) atoms. The summed E-state index contributed by atoms with van der Waals surface area (Å²) in [5, 5.41) is 39.1. The highest BCUT2D eigenvalue weighted by molar-refractivity contribution is 5.91. The summed E-state index contributed by atoms with van der Waals surface area (Å²) in [6, 6.07) is 0. The van der Waals surface area contributed by atoms with Gasteiger partial charge in [-0.15, -0.1) is 0 Å². The largest absolute Gasteiger partial charge is 0.549 e. The molecule has 0 aromatic heterocycles. The van der Waals surface area contributed by atoms with Crippen molar-refractivity contribution in [1.82, 2.24) is 0 Å². The van der Waals surface area contributed by atoms with Gasteiger partial charge in [0.2, 0.25) is 0 Å². The number of hydrogen-bond acceptors (Lipinski definition) is 6. The van der Waals surface area contributed by atoms with Gasteiger partial charge >= 0.3 is 0 Å². The third kappa shape index (κ3) is 2.54. The van der Waals surface area contributed by atoms with Crippen LogP contribution in [0.15, 0.2) is 12.2 Å². The molecule has 0 amide bonds. The summed E-state index contributed by atoms with van der Waals surface area (Å²) in [6.07, 6.45) is -0.377. The summed E-state index contributed by atoms with van der Waals surface area (Å²) >= 11 is 0. The van der Waals surface area contributed by atoms with E-state index in [0.717, 1.165) is 0 Å². The molecule has 0 heterocycles. The van der Waals surface area contributed by atoms with Crippen LogP contribution in [-0.2, 0) is 9.59 Å². The second-order valence-electron chi connectivity index (χ2n) is 2.80. The van der Waals surface area contributed by atoms with Crippen LogP contribution in [0.1, 0.15) is 13.3 Å². The summed E-state index contributed by atoms with van der Waals surface area (Å²) in [6.45, 7) is 4.16. The van der Waals surface area contributed by atoms with Gasteiger partial charge in [0.15, 0.2) is 5.79 Å². The first-order valence-corrected chi connectivity index (χ1v) is 3.79. The summed E-state index contributed by atoms with van der Waals surface area (Å²) in [5.41, 5.74) is -0.933. The molecule has 0 saturated carbocycles. The first-order chi connectivity index (χ1) is 6.24. The Kier molecular flexibility index (Phi) is 3.79. The van der Waals surface area contributed by atoms with Crippen molar-refractivity contribution in [1.29, 1.82) is 0 Å². The maximum Gasteiger partial charge on any atom is 0.174 e. The zero-order valence-corrected chi connectivity index (χ0v) is 7.52. The maximum atomic E-state index is 10.5. The second kappa shape index (κ2) is 4.21. The van der Waals surface area contributed by atoms with Crippen molar-refractivity contribution in [3.05, 3.63) is 12.2 Å². The number of aliphatic carboxylic acids is 2. The summed E-state index contributed by atoms with van der Waals surface area (Å²) < 4.78 is 0. The van der Waals surface area contributed by atoms with E-state index in [1.54, 1.807) is 0 Å². The third-order valence-corrected chi connectivity index (χ3v) is 1.83. The van der Waals surface area contributed by atoms with Crippen molar-refractivity contribution >= 4 is 11.9 Å². The fourth-order valence-electron chi connectivity index (χ4n) is 0.932. The van der Waals surface area contributed by atoms with Crippen LogP contribution < -0.4 is 10.2 Å². The second-order valence-corrected chi connectivity index (χ2v) is 2.80. The number of carbonyl (C=O) groups is 2. The first kappa shape index (κ1) is 12.6. The smallest absolute Gasteiger partial charge is 0.174 e. The van der Waals surface area contributed by atoms with E-state index in [1.165, 1.54) is 6.92 Å². The van der Waals surface area contributed by atoms with Gasteiger partial charge < -0.3 is 30.0 Å². The van der Waals surface area contributed by atoms with Crippen LogP contribution in [0.5, 0.6) is 0 Å². The first-order valence-electron chi connectivity index (χ1n) is 3.79. The Morgan fingerprint density at radius 3 is 2.07 bits per heavy atom. The number of carboxylic acids is 2. The highest BCUT2D eigenvalue weighted by Gasteiger charge is 2.36. The molecule has 0 saturated heterocycles. The molecule has 0 rings (SSSR count). The highest BCUT2D eigenvalue weighted by Crippen LogP contribution is 2.23. The normalized spacial score (nSPS) is 13.4. The van der Waals surface area contributed by atoms with Gasteiger partial charge in [0.25, 0.3) is 0 Å². The van der Waals surface area contributed by atoms with Crippen LogP contribution in [-0.4, -0.2) is 27.9 Å². The van der Waals surface area contributed by atoms with E-state index in [9.17, 15) is 19.8 Å². The van der Waals surface area contributed by atoms with E-state index in [1.807, 2.05) is 0 Å². The van der Waals surface area contributed by atoms with Crippen molar-refractivity contribution in [2.75, 3.05) is 0 Å². The minimum Gasteiger partial charge on any atom is -0.549 e. The lowest BCUT2D eigenvalue weighted by Crippen LogP contribution is -2.51. The predicted octanol–water partition coefficient (Wildman–Crippen LogP) is -3.25. The molecular formula is C8H10O6-2. The number of carboxylic acid groups (broad SMARTS) is 2. The van der Waals surface area contributed by atoms with Gasteiger partial charge in [0, 0.05) is 0 Å². The number of aliphatic hydroxyl groups is 2. The molecule has 80 valence electrons. The van der Waals surface area contributed by atoms with Crippen molar-refractivity contribution in [2.45, 2.75) is 19.1 Å². The number of carbonyl (C=O) groups excluding carboxylic acids is 2. The van der Waals surface area contributed by atoms with Crippen LogP contribution in [0.3, 0.4) is 0 Å². The van der Waals surface area contributed by atoms with Gasteiger partial charge in [-0.3, -0.25) is 0 Å². The monoisotopic (exact) mass is 202 g/mol. The quantitative estimate of drug-likeness (QED) is 0.356. The van der Waals surface area contributed by atoms with Crippen LogP contribution in [0.4, 0.5) is 0 Å². The molecule has 2 N–H and O–H groups in total. The molecule has 1 atom stereocenters. The minimum atomic E-state index is -2.70. The Morgan fingerprint density at radius 1 is 1.43 bits per heavy atom. The Morgan fingerprint density at radius 2 is 1.86 bits per heavy atom. The number of rotatable bonds is 5. The van der Waals surface area contributed by atoms with Crippen molar-refractivity contribution in [3.8, 4) is 0 Å². The molecule has 0 radical (unpaired) electrons. The summed E-state index contributed by atoms with van der Waals surface area (Å²) in [5.74, 6) is -8.58. The van der Waals surface area contributed by atoms with E-state index >= 15 is 0 Å². The lowest BCUT2D eigenvalue weighted by molar-refractivity contribution is -0.329. The van der Waals surface area contributed by atoms with E-state index < -0.39 is 29.2 Å². The van der Waals surface area contributed by atoms with Crippen LogP contribution in [0.25, 0.3) is 0 Å². The molecular weight excluding hydrogens is 192 g/mol. The van der Waals surface area contributed by atoms with Gasteiger partial charge in [-0.25, -0.2) is 0 Å². The molecule has 0 bridgehead atoms. The Bertz CT molecular complexity index is 267. The zero-order valence-electron chi connectivity index (χ0n) is 7.52. The van der Waals surface area contributed by atoms with E-state index in [4.69, 9.17) is 10.2 Å². The third-order valence-electron chi connectivity index (χ3n) is 1.83. The average molecular weight is 202 g/mol. The maximum absolute atomic E-state index is 10.5. The van der Waals surface area contributed by atoms with Gasteiger partial charge in [-0.1, -0.05) is 13.5 Å². The Hall–Kier alpha value is -1.40. The van der Waals surface area contributed by atoms with Gasteiger partial charge in [0.05, 0.1) is 17.9 Å². The molecule has 0 aromatic carbocycles. The van der Waals surface area contributed by atoms with Crippen molar-refractivity contribution < 1.29 is 30.0 Å². The Balaban J connectivity index is 5.06. The Labute approximate surface area is 80.1 Å². The molecule has 6 heteroatoms. The summed E-state index contributed by atoms with van der Waals surface area (Å²) in [4.78, 5) is 20.8. The lowest BCUT2D eigenvalue weighted by atomic mass is 9.89. The van der Waals surface area contributed by atoms with E-state index in [0.29, 0.717) is 0 Å². The predicted molar refractivity (Wildman–Crippen MR) is 40.1 cm³/mol. The molecule has 0 spiro atoms. The van der Waals surface area contributed by atoms with Gasteiger partial charge in [-0.2, -0.15) is 0 Å². The van der Waals surface area contributed by atoms with Crippen molar-refractivity contribution in [2.24, 2.45) is 5.92 Å². The highest BCUT2D eigenvalue weighted by atomic mass is 16.5. The van der Waals surface area contributed by atoms with E-state index in [2.05, 4.69) is 6.58 Å². The fourth-order valence-corrected chi connectivity index (χ4v) is 0.932. The lowest BCUT2D eigenvalue weighted by Gasteiger charge is -2.32. The topological polar surface area (TPSA) is 121 Å². The molecule has 0 aliphatic heterocycles. The van der Waals surface area contributed by atoms with Crippen LogP contribution >= 0.6 is 0 Å². The molecule has 0 fully saturated rings. The van der Waals surface area contributed by atoms with Crippen LogP contribution in [0, 0.1) is 5.92 Å². The fraction of sp³-hybridized carbons (Fsp3) is 0.500. The number of hydrogen-bond donors (Lipinski definition) is 2. The van der Waals surface area contributed by atoms with Gasteiger partial charge in [0.1, 0.15) is 0 Å². The molecule has 0 aromatic rings. The summed E-state index contributed by atoms with van der Waals surface area (Å²) in [7, 11) is 0. The molecule has 0 aliphatic rings. The minimum absolute atomic E-state index is 0.377. The zero-order chi connectivity index (χ0) is 11.5.